The van der Waals surface area contributed by atoms with Gasteiger partial charge in [0.2, 0.25) is 5.91 Å². The molecule has 28 heavy (non-hydrogen) atoms. The molecule has 5 heteroatoms. The fourth-order valence-corrected chi connectivity index (χ4v) is 3.73. The van der Waals surface area contributed by atoms with E-state index in [0.29, 0.717) is 22.7 Å². The molecule has 1 heterocycles. The van der Waals surface area contributed by atoms with E-state index in [-0.39, 0.29) is 5.91 Å². The van der Waals surface area contributed by atoms with Crippen LogP contribution < -0.4 is 10.6 Å². The topological polar surface area (TPSA) is 63.4 Å². The molecule has 0 saturated heterocycles. The minimum Gasteiger partial charge on any atom is -0.366 e. The number of allylic oxidation sites excluding steroid dienone is 2. The molecule has 4 nitrogen and oxygen atoms in total. The van der Waals surface area contributed by atoms with Crippen LogP contribution in [0.1, 0.15) is 36.2 Å². The van der Waals surface area contributed by atoms with Crippen molar-refractivity contribution in [2.75, 3.05) is 11.4 Å². The second-order valence-electron chi connectivity index (χ2n) is 6.71. The number of carbonyl (C=O) groups excluding carboxylic acids is 2. The van der Waals surface area contributed by atoms with Gasteiger partial charge in [-0.1, -0.05) is 35.9 Å². The van der Waals surface area contributed by atoms with Gasteiger partial charge in [-0.15, -0.1) is 0 Å². The molecule has 2 amide bonds. The average molecular weight is 395 g/mol. The van der Waals surface area contributed by atoms with Crippen LogP contribution in [0, 0.1) is 0 Å². The third-order valence-electron chi connectivity index (χ3n) is 4.91. The summed E-state index contributed by atoms with van der Waals surface area (Å²) in [5.74, 6) is -0.487. The number of hydrogen-bond acceptors (Lipinski definition) is 2. The third-order valence-corrected chi connectivity index (χ3v) is 5.24. The van der Waals surface area contributed by atoms with Crippen LogP contribution in [0.25, 0.3) is 11.1 Å². The van der Waals surface area contributed by atoms with Gasteiger partial charge in [0.25, 0.3) is 5.91 Å². The largest absolute Gasteiger partial charge is 0.366 e. The van der Waals surface area contributed by atoms with Crippen LogP contribution in [0.4, 0.5) is 5.69 Å². The van der Waals surface area contributed by atoms with Gasteiger partial charge in [0.05, 0.1) is 0 Å². The summed E-state index contributed by atoms with van der Waals surface area (Å²) in [6.45, 7) is 4.46. The van der Waals surface area contributed by atoms with E-state index in [9.17, 15) is 9.59 Å². The molecular weight excluding hydrogens is 372 g/mol. The number of rotatable bonds is 4. The number of fused-ring (bicyclic) bond motifs is 1. The lowest BCUT2D eigenvalue weighted by Crippen LogP contribution is -2.36. The first-order valence-electron chi connectivity index (χ1n) is 9.29. The Balaban J connectivity index is 2.01. The van der Waals surface area contributed by atoms with E-state index in [1.165, 1.54) is 0 Å². The van der Waals surface area contributed by atoms with Crippen molar-refractivity contribution in [1.82, 2.24) is 0 Å². The fraction of sp³-hybridized carbons (Fsp3) is 0.217. The van der Waals surface area contributed by atoms with Crippen LogP contribution in [-0.2, 0) is 11.2 Å². The van der Waals surface area contributed by atoms with Gasteiger partial charge in [-0.3, -0.25) is 9.59 Å². The van der Waals surface area contributed by atoms with Gasteiger partial charge in [0, 0.05) is 34.0 Å². The zero-order chi connectivity index (χ0) is 20.3. The lowest BCUT2D eigenvalue weighted by atomic mass is 9.95. The normalized spacial score (nSPS) is 14.2. The van der Waals surface area contributed by atoms with Crippen molar-refractivity contribution in [2.45, 2.75) is 26.7 Å². The second-order valence-corrected chi connectivity index (χ2v) is 7.11. The maximum Gasteiger partial charge on any atom is 0.257 e. The minimum absolute atomic E-state index is 0.00283. The van der Waals surface area contributed by atoms with E-state index < -0.39 is 5.91 Å². The van der Waals surface area contributed by atoms with E-state index >= 15 is 0 Å². The van der Waals surface area contributed by atoms with Gasteiger partial charge >= 0.3 is 0 Å². The molecule has 0 aliphatic carbocycles. The Morgan fingerprint density at radius 1 is 1.14 bits per heavy atom. The van der Waals surface area contributed by atoms with Gasteiger partial charge < -0.3 is 10.6 Å². The molecule has 0 atom stereocenters. The maximum atomic E-state index is 12.9. The quantitative estimate of drug-likeness (QED) is 0.591. The summed E-state index contributed by atoms with van der Waals surface area (Å²) in [6.07, 6.45) is 7.31. The minimum atomic E-state index is -0.490. The number of nitrogens with two attached hydrogens (primary N) is 1. The Bertz CT molecular complexity index is 992. The summed E-state index contributed by atoms with van der Waals surface area (Å²) >= 11 is 6.36. The Labute approximate surface area is 170 Å². The predicted octanol–water partition coefficient (Wildman–Crippen LogP) is 4.91. The van der Waals surface area contributed by atoms with Crippen molar-refractivity contribution in [3.05, 3.63) is 76.3 Å². The van der Waals surface area contributed by atoms with Crippen molar-refractivity contribution in [2.24, 2.45) is 5.73 Å². The van der Waals surface area contributed by atoms with Crippen molar-refractivity contribution >= 4 is 29.1 Å². The molecule has 0 bridgehead atoms. The smallest absolute Gasteiger partial charge is 0.257 e. The molecule has 3 rings (SSSR count). The number of primary amides is 1. The van der Waals surface area contributed by atoms with E-state index in [1.54, 1.807) is 18.2 Å². The highest BCUT2D eigenvalue weighted by Crippen LogP contribution is 2.35. The number of nitrogens with zero attached hydrogens (tertiary/aromatic N) is 1. The molecule has 2 aromatic rings. The Morgan fingerprint density at radius 3 is 2.61 bits per heavy atom. The number of amides is 2. The molecule has 1 aliphatic heterocycles. The molecule has 144 valence electrons. The second kappa shape index (κ2) is 8.44. The van der Waals surface area contributed by atoms with E-state index in [0.717, 1.165) is 35.2 Å². The number of benzene rings is 2. The van der Waals surface area contributed by atoms with E-state index in [1.807, 2.05) is 55.2 Å². The molecule has 0 unspecified atom stereocenters. The number of carbonyl (C=O) groups is 2. The summed E-state index contributed by atoms with van der Waals surface area (Å²) in [6, 6.07) is 10.9. The molecule has 1 aliphatic rings. The Morgan fingerprint density at radius 2 is 1.93 bits per heavy atom. The Hall–Kier alpha value is -2.85. The molecule has 0 saturated carbocycles. The van der Waals surface area contributed by atoms with E-state index in [4.69, 9.17) is 17.3 Å². The van der Waals surface area contributed by atoms with Crippen LogP contribution in [0.5, 0.6) is 0 Å². The predicted molar refractivity (Wildman–Crippen MR) is 115 cm³/mol. The summed E-state index contributed by atoms with van der Waals surface area (Å²) in [7, 11) is 0. The van der Waals surface area contributed by atoms with Crippen molar-refractivity contribution in [1.29, 1.82) is 0 Å². The lowest BCUT2D eigenvalue weighted by Gasteiger charge is -2.30. The van der Waals surface area contributed by atoms with Gasteiger partial charge in [-0.2, -0.15) is 0 Å². The summed E-state index contributed by atoms with van der Waals surface area (Å²) in [4.78, 5) is 26.3. The fourth-order valence-electron chi connectivity index (χ4n) is 3.50. The zero-order valence-corrected chi connectivity index (χ0v) is 16.8. The highest BCUT2D eigenvalue weighted by atomic mass is 35.5. The van der Waals surface area contributed by atoms with Gasteiger partial charge in [0.15, 0.2) is 0 Å². The number of anilines is 1. The highest BCUT2D eigenvalue weighted by Gasteiger charge is 2.24. The first-order chi connectivity index (χ1) is 13.5. The molecule has 0 radical (unpaired) electrons. The third kappa shape index (κ3) is 3.87. The van der Waals surface area contributed by atoms with Gasteiger partial charge in [-0.05, 0) is 68.1 Å². The number of hydrogen-bond donors (Lipinski definition) is 1. The lowest BCUT2D eigenvalue weighted by molar-refractivity contribution is -0.114. The summed E-state index contributed by atoms with van der Waals surface area (Å²) in [5.41, 5.74) is 10.2. The summed E-state index contributed by atoms with van der Waals surface area (Å²) < 4.78 is 0. The number of aryl methyl sites for hydroxylation is 1. The van der Waals surface area contributed by atoms with Crippen LogP contribution >= 0.6 is 11.6 Å². The zero-order valence-electron chi connectivity index (χ0n) is 16.0. The first kappa shape index (κ1) is 19.9. The van der Waals surface area contributed by atoms with Crippen LogP contribution in [0.15, 0.2) is 60.2 Å². The van der Waals surface area contributed by atoms with Crippen LogP contribution in [0.2, 0.25) is 5.02 Å². The van der Waals surface area contributed by atoms with Crippen molar-refractivity contribution < 1.29 is 9.59 Å². The van der Waals surface area contributed by atoms with Gasteiger partial charge in [-0.25, -0.2) is 0 Å². The first-order valence-corrected chi connectivity index (χ1v) is 9.67. The van der Waals surface area contributed by atoms with Crippen molar-refractivity contribution in [3.63, 3.8) is 0 Å². The monoisotopic (exact) mass is 394 g/mol. The standard InChI is InChI=1S/C23H23ClN2O2/c1-3-6-15(4-2)23(28)26-12-5-7-17-13-16(9-11-21(17)26)19-14-18(22(25)27)8-10-20(19)24/h3-4,6,8-11,13-14H,5,7,12H2,1-2H3,(H2,25,27)/b6-3-,15-4+. The van der Waals surface area contributed by atoms with Crippen molar-refractivity contribution in [3.8, 4) is 11.1 Å². The van der Waals surface area contributed by atoms with E-state index in [2.05, 4.69) is 0 Å². The average Bonchev–Trinajstić information content (AvgIpc) is 2.70. The highest BCUT2D eigenvalue weighted by molar-refractivity contribution is 6.33. The van der Waals surface area contributed by atoms with Crippen LogP contribution in [-0.4, -0.2) is 18.4 Å². The Kier molecular flexibility index (Phi) is 6.00. The molecule has 2 N–H and O–H groups in total. The molecule has 0 spiro atoms. The SMILES string of the molecule is C/C=C\C(=C/C)C(=O)N1CCCc2cc(-c3cc(C(N)=O)ccc3Cl)ccc21. The maximum absolute atomic E-state index is 12.9. The molecule has 2 aromatic carbocycles. The van der Waals surface area contributed by atoms with Crippen LogP contribution in [0.3, 0.4) is 0 Å². The summed E-state index contributed by atoms with van der Waals surface area (Å²) in [5, 5.41) is 0.554. The molecular formula is C23H23ClN2O2. The number of halogens is 1. The van der Waals surface area contributed by atoms with Gasteiger partial charge in [0.1, 0.15) is 0 Å². The molecule has 0 fully saturated rings. The molecule has 0 aromatic heterocycles.